The van der Waals surface area contributed by atoms with Gasteiger partial charge in [0.05, 0.1) is 11.8 Å². The van der Waals surface area contributed by atoms with E-state index in [-0.39, 0.29) is 17.4 Å². The molecule has 1 aromatic carbocycles. The van der Waals surface area contributed by atoms with E-state index < -0.39 is 24.6 Å². The van der Waals surface area contributed by atoms with Crippen LogP contribution < -0.4 is 10.1 Å². The van der Waals surface area contributed by atoms with E-state index in [1.165, 1.54) is 25.1 Å². The van der Waals surface area contributed by atoms with E-state index in [1.807, 2.05) is 13.8 Å². The van der Waals surface area contributed by atoms with Crippen LogP contribution in [0.3, 0.4) is 0 Å². The Morgan fingerprint density at radius 2 is 1.92 bits per heavy atom. The maximum Gasteiger partial charge on any atom is 0.387 e. The first-order chi connectivity index (χ1) is 12.3. The molecule has 0 saturated carbocycles. The number of esters is 1. The normalized spacial score (nSPS) is 12.1. The number of nitrogens with zero attached hydrogens (tertiary/aromatic N) is 2. The molecule has 1 atom stereocenters. The molecule has 1 unspecified atom stereocenters. The number of benzene rings is 1. The Hall–Kier alpha value is -2.97. The Morgan fingerprint density at radius 1 is 1.19 bits per heavy atom. The van der Waals surface area contributed by atoms with Gasteiger partial charge in [0, 0.05) is 12.1 Å². The lowest BCUT2D eigenvalue weighted by atomic mass is 10.2. The van der Waals surface area contributed by atoms with Crippen molar-refractivity contribution in [3.8, 4) is 5.75 Å². The van der Waals surface area contributed by atoms with E-state index in [9.17, 15) is 18.4 Å². The molecular formula is C17H19F2N3O4. The number of alkyl halides is 2. The van der Waals surface area contributed by atoms with E-state index in [1.54, 1.807) is 16.9 Å². The maximum absolute atomic E-state index is 12.2. The number of ether oxygens (including phenoxy) is 2. The number of aromatic nitrogens is 2. The molecule has 0 spiro atoms. The number of amides is 1. The van der Waals surface area contributed by atoms with Crippen LogP contribution >= 0.6 is 0 Å². The molecule has 2 rings (SSSR count). The summed E-state index contributed by atoms with van der Waals surface area (Å²) in [6, 6.07) is 6.81. The van der Waals surface area contributed by atoms with Crippen LogP contribution in [0.4, 0.5) is 14.6 Å². The van der Waals surface area contributed by atoms with Crippen molar-refractivity contribution >= 4 is 17.7 Å². The Morgan fingerprint density at radius 3 is 2.58 bits per heavy atom. The average Bonchev–Trinajstić information content (AvgIpc) is 3.02. The second kappa shape index (κ2) is 8.41. The number of halogens is 2. The third kappa shape index (κ3) is 5.01. The fraction of sp³-hybridized carbons (Fsp3) is 0.353. The van der Waals surface area contributed by atoms with Crippen molar-refractivity contribution in [3.63, 3.8) is 0 Å². The van der Waals surface area contributed by atoms with Crippen LogP contribution in [0.1, 0.15) is 37.2 Å². The Labute approximate surface area is 148 Å². The third-order valence-corrected chi connectivity index (χ3v) is 3.36. The monoisotopic (exact) mass is 367 g/mol. The van der Waals surface area contributed by atoms with Crippen LogP contribution in [0.2, 0.25) is 0 Å². The van der Waals surface area contributed by atoms with Gasteiger partial charge in [-0.3, -0.25) is 4.79 Å². The average molecular weight is 367 g/mol. The molecule has 140 valence electrons. The van der Waals surface area contributed by atoms with E-state index >= 15 is 0 Å². The summed E-state index contributed by atoms with van der Waals surface area (Å²) in [7, 11) is 0. The first-order valence-electron chi connectivity index (χ1n) is 7.88. The number of nitrogens with one attached hydrogen (secondary N) is 1. The third-order valence-electron chi connectivity index (χ3n) is 3.36. The molecule has 0 radical (unpaired) electrons. The van der Waals surface area contributed by atoms with E-state index in [0.29, 0.717) is 5.82 Å². The highest BCUT2D eigenvalue weighted by molar-refractivity contribution is 5.97. The van der Waals surface area contributed by atoms with Crippen LogP contribution in [0.5, 0.6) is 5.75 Å². The van der Waals surface area contributed by atoms with E-state index in [0.717, 1.165) is 6.07 Å². The molecule has 1 amide bonds. The molecule has 1 aromatic heterocycles. The predicted molar refractivity (Wildman–Crippen MR) is 89.2 cm³/mol. The molecule has 9 heteroatoms. The summed E-state index contributed by atoms with van der Waals surface area (Å²) >= 11 is 0. The summed E-state index contributed by atoms with van der Waals surface area (Å²) in [6.45, 7) is 2.21. The summed E-state index contributed by atoms with van der Waals surface area (Å²) < 4.78 is 35.4. The SMILES string of the molecule is CC(OC(=O)c1cccc(OC(F)F)c1)C(=O)Nc1ccnn1C(C)C. The number of rotatable bonds is 7. The summed E-state index contributed by atoms with van der Waals surface area (Å²) in [6.07, 6.45) is 0.443. The summed E-state index contributed by atoms with van der Waals surface area (Å²) in [5, 5.41) is 6.72. The standard InChI is InChI=1S/C17H19F2N3O4/c1-10(2)22-14(7-8-20-22)21-15(23)11(3)25-16(24)12-5-4-6-13(9-12)26-17(18)19/h4-11,17H,1-3H3,(H,21,23). The Kier molecular flexibility index (Phi) is 6.26. The largest absolute Gasteiger partial charge is 0.449 e. The highest BCUT2D eigenvalue weighted by Crippen LogP contribution is 2.18. The Balaban J connectivity index is 2.00. The van der Waals surface area contributed by atoms with Gasteiger partial charge in [0.1, 0.15) is 11.6 Å². The van der Waals surface area contributed by atoms with Crippen LogP contribution in [0.15, 0.2) is 36.5 Å². The molecule has 26 heavy (non-hydrogen) atoms. The fourth-order valence-corrected chi connectivity index (χ4v) is 2.13. The summed E-state index contributed by atoms with van der Waals surface area (Å²) in [4.78, 5) is 24.3. The smallest absolute Gasteiger partial charge is 0.387 e. The molecule has 0 fully saturated rings. The highest BCUT2D eigenvalue weighted by atomic mass is 19.3. The zero-order valence-electron chi connectivity index (χ0n) is 14.5. The number of hydrogen-bond donors (Lipinski definition) is 1. The van der Waals surface area contributed by atoms with Crippen molar-refractivity contribution in [1.29, 1.82) is 0 Å². The van der Waals surface area contributed by atoms with Gasteiger partial charge >= 0.3 is 12.6 Å². The van der Waals surface area contributed by atoms with Crippen molar-refractivity contribution in [3.05, 3.63) is 42.1 Å². The topological polar surface area (TPSA) is 82.4 Å². The van der Waals surface area contributed by atoms with Gasteiger partial charge in [0.25, 0.3) is 5.91 Å². The predicted octanol–water partition coefficient (Wildman–Crippen LogP) is 3.25. The summed E-state index contributed by atoms with van der Waals surface area (Å²) in [5.41, 5.74) is -0.00461. The van der Waals surface area contributed by atoms with Gasteiger partial charge in [-0.2, -0.15) is 13.9 Å². The van der Waals surface area contributed by atoms with Crippen LogP contribution in [0.25, 0.3) is 0 Å². The molecule has 2 aromatic rings. The molecule has 0 aliphatic rings. The molecular weight excluding hydrogens is 348 g/mol. The number of carbonyl (C=O) groups is 2. The van der Waals surface area contributed by atoms with Gasteiger partial charge in [0.2, 0.25) is 0 Å². The van der Waals surface area contributed by atoms with E-state index in [2.05, 4.69) is 15.2 Å². The zero-order chi connectivity index (χ0) is 19.3. The van der Waals surface area contributed by atoms with Gasteiger partial charge in [-0.25, -0.2) is 9.48 Å². The minimum Gasteiger partial charge on any atom is -0.449 e. The van der Waals surface area contributed by atoms with Gasteiger partial charge in [-0.15, -0.1) is 0 Å². The van der Waals surface area contributed by atoms with Crippen LogP contribution in [-0.4, -0.2) is 34.4 Å². The second-order valence-electron chi connectivity index (χ2n) is 5.70. The first kappa shape index (κ1) is 19.4. The summed E-state index contributed by atoms with van der Waals surface area (Å²) in [5.74, 6) is -1.07. The highest BCUT2D eigenvalue weighted by Gasteiger charge is 2.21. The van der Waals surface area contributed by atoms with Crippen molar-refractivity contribution in [2.75, 3.05) is 5.32 Å². The van der Waals surface area contributed by atoms with Crippen LogP contribution in [0, 0.1) is 0 Å². The lowest BCUT2D eigenvalue weighted by Gasteiger charge is -2.16. The minimum atomic E-state index is -3.00. The Bertz CT molecular complexity index is 777. The zero-order valence-corrected chi connectivity index (χ0v) is 14.5. The molecule has 1 N–H and O–H groups in total. The second-order valence-corrected chi connectivity index (χ2v) is 5.70. The molecule has 0 aliphatic carbocycles. The van der Waals surface area contributed by atoms with Gasteiger partial charge in [-0.1, -0.05) is 6.07 Å². The van der Waals surface area contributed by atoms with Gasteiger partial charge in [0.15, 0.2) is 6.10 Å². The number of hydrogen-bond acceptors (Lipinski definition) is 5. The maximum atomic E-state index is 12.2. The molecule has 1 heterocycles. The quantitative estimate of drug-likeness (QED) is 0.760. The lowest BCUT2D eigenvalue weighted by molar-refractivity contribution is -0.123. The lowest BCUT2D eigenvalue weighted by Crippen LogP contribution is -2.31. The minimum absolute atomic E-state index is 0.00461. The fourth-order valence-electron chi connectivity index (χ4n) is 2.13. The number of carbonyl (C=O) groups excluding carboxylic acids is 2. The van der Waals surface area contributed by atoms with Crippen molar-refractivity contribution in [2.45, 2.75) is 39.5 Å². The molecule has 7 nitrogen and oxygen atoms in total. The first-order valence-corrected chi connectivity index (χ1v) is 7.88. The molecule has 0 saturated heterocycles. The van der Waals surface area contributed by atoms with Crippen molar-refractivity contribution in [1.82, 2.24) is 9.78 Å². The van der Waals surface area contributed by atoms with Gasteiger partial charge < -0.3 is 14.8 Å². The van der Waals surface area contributed by atoms with Crippen molar-refractivity contribution < 1.29 is 27.8 Å². The number of anilines is 1. The van der Waals surface area contributed by atoms with E-state index in [4.69, 9.17) is 4.74 Å². The van der Waals surface area contributed by atoms with Gasteiger partial charge in [-0.05, 0) is 39.0 Å². The molecule has 0 aliphatic heterocycles. The van der Waals surface area contributed by atoms with Crippen LogP contribution in [-0.2, 0) is 9.53 Å². The van der Waals surface area contributed by atoms with Crippen molar-refractivity contribution in [2.24, 2.45) is 0 Å². The molecule has 0 bridgehead atoms.